The Kier molecular flexibility index (Phi) is 6.08. The highest BCUT2D eigenvalue weighted by molar-refractivity contribution is 7.17. The van der Waals surface area contributed by atoms with Crippen LogP contribution in [0.1, 0.15) is 43.7 Å². The van der Waals surface area contributed by atoms with Crippen LogP contribution in [0, 0.1) is 0 Å². The van der Waals surface area contributed by atoms with E-state index in [2.05, 4.69) is 51.7 Å². The summed E-state index contributed by atoms with van der Waals surface area (Å²) in [6, 6.07) is 17.2. The van der Waals surface area contributed by atoms with Crippen molar-refractivity contribution >= 4 is 38.4 Å². The SMILES string of the molecule is COc1ccc(CCNc2nc(-c3csc4ccccc34)nc3c2ncn3C2CCCCC2)cc1. The summed E-state index contributed by atoms with van der Waals surface area (Å²) in [5, 5.41) is 6.95. The summed E-state index contributed by atoms with van der Waals surface area (Å²) in [5.41, 5.74) is 4.13. The first-order chi connectivity index (χ1) is 17.3. The zero-order valence-electron chi connectivity index (χ0n) is 19.9. The van der Waals surface area contributed by atoms with Crippen LogP contribution in [-0.4, -0.2) is 33.2 Å². The molecule has 0 saturated heterocycles. The van der Waals surface area contributed by atoms with Gasteiger partial charge in [0.15, 0.2) is 17.3 Å². The number of ether oxygens (including phenoxy) is 1. The molecule has 0 spiro atoms. The van der Waals surface area contributed by atoms with Crippen LogP contribution < -0.4 is 10.1 Å². The van der Waals surface area contributed by atoms with Crippen LogP contribution in [0.2, 0.25) is 0 Å². The molecule has 0 bridgehead atoms. The molecule has 7 heteroatoms. The van der Waals surface area contributed by atoms with Crippen molar-refractivity contribution in [2.75, 3.05) is 19.0 Å². The molecule has 3 heterocycles. The zero-order chi connectivity index (χ0) is 23.6. The summed E-state index contributed by atoms with van der Waals surface area (Å²) in [5.74, 6) is 2.45. The molecule has 35 heavy (non-hydrogen) atoms. The molecule has 1 saturated carbocycles. The third kappa shape index (κ3) is 4.36. The minimum atomic E-state index is 0.461. The van der Waals surface area contributed by atoms with Gasteiger partial charge in [-0.3, -0.25) is 0 Å². The van der Waals surface area contributed by atoms with Gasteiger partial charge in [0.05, 0.1) is 13.4 Å². The van der Waals surface area contributed by atoms with Gasteiger partial charge in [-0.05, 0) is 43.0 Å². The van der Waals surface area contributed by atoms with Crippen molar-refractivity contribution in [2.45, 2.75) is 44.6 Å². The maximum atomic E-state index is 5.28. The molecule has 0 atom stereocenters. The molecule has 1 aliphatic rings. The number of aromatic nitrogens is 4. The minimum Gasteiger partial charge on any atom is -0.497 e. The molecule has 178 valence electrons. The molecule has 1 aliphatic carbocycles. The number of methoxy groups -OCH3 is 1. The Morgan fingerprint density at radius 1 is 1.03 bits per heavy atom. The fraction of sp³-hybridized carbons (Fsp3) is 0.321. The van der Waals surface area contributed by atoms with Crippen molar-refractivity contribution in [2.24, 2.45) is 0 Å². The van der Waals surface area contributed by atoms with Gasteiger partial charge in [0, 0.05) is 33.6 Å². The van der Waals surface area contributed by atoms with Crippen molar-refractivity contribution < 1.29 is 4.74 Å². The Bertz CT molecular complexity index is 1450. The Morgan fingerprint density at radius 2 is 1.86 bits per heavy atom. The maximum absolute atomic E-state index is 5.28. The lowest BCUT2D eigenvalue weighted by molar-refractivity contribution is 0.358. The number of thiophene rings is 1. The van der Waals surface area contributed by atoms with E-state index >= 15 is 0 Å². The van der Waals surface area contributed by atoms with E-state index in [1.807, 2.05) is 18.5 Å². The van der Waals surface area contributed by atoms with Gasteiger partial charge < -0.3 is 14.6 Å². The molecule has 6 nitrogen and oxygen atoms in total. The summed E-state index contributed by atoms with van der Waals surface area (Å²) < 4.78 is 8.83. The second-order valence-electron chi connectivity index (χ2n) is 9.18. The molecule has 1 fully saturated rings. The Hall–Kier alpha value is -3.45. The first-order valence-corrected chi connectivity index (χ1v) is 13.3. The van der Waals surface area contributed by atoms with Crippen molar-refractivity contribution in [3.8, 4) is 17.1 Å². The van der Waals surface area contributed by atoms with Crippen LogP contribution in [0.3, 0.4) is 0 Å². The largest absolute Gasteiger partial charge is 0.497 e. The van der Waals surface area contributed by atoms with Gasteiger partial charge in [-0.2, -0.15) is 0 Å². The van der Waals surface area contributed by atoms with E-state index in [1.165, 1.54) is 47.8 Å². The second kappa shape index (κ2) is 9.66. The first-order valence-electron chi connectivity index (χ1n) is 12.4. The molecule has 1 N–H and O–H groups in total. The molecule has 6 rings (SSSR count). The van der Waals surface area contributed by atoms with E-state index < -0.39 is 0 Å². The van der Waals surface area contributed by atoms with Gasteiger partial charge in [-0.25, -0.2) is 15.0 Å². The number of nitrogens with one attached hydrogen (secondary N) is 1. The lowest BCUT2D eigenvalue weighted by Gasteiger charge is -2.23. The topological polar surface area (TPSA) is 64.9 Å². The van der Waals surface area contributed by atoms with Gasteiger partial charge in [-0.1, -0.05) is 49.6 Å². The Balaban J connectivity index is 1.36. The third-order valence-corrected chi connectivity index (χ3v) is 7.94. The van der Waals surface area contributed by atoms with Crippen LogP contribution in [0.25, 0.3) is 32.6 Å². The second-order valence-corrected chi connectivity index (χ2v) is 10.1. The van der Waals surface area contributed by atoms with Gasteiger partial charge in [0.2, 0.25) is 0 Å². The maximum Gasteiger partial charge on any atom is 0.166 e. The molecule has 0 radical (unpaired) electrons. The molecule has 5 aromatic rings. The lowest BCUT2D eigenvalue weighted by Crippen LogP contribution is -2.13. The van der Waals surface area contributed by atoms with Gasteiger partial charge in [0.25, 0.3) is 0 Å². The molecule has 0 unspecified atom stereocenters. The van der Waals surface area contributed by atoms with E-state index in [-0.39, 0.29) is 0 Å². The van der Waals surface area contributed by atoms with Crippen LogP contribution in [0.4, 0.5) is 5.82 Å². The smallest absolute Gasteiger partial charge is 0.166 e. The van der Waals surface area contributed by atoms with Crippen molar-refractivity contribution in [3.63, 3.8) is 0 Å². The molecule has 2 aromatic carbocycles. The summed E-state index contributed by atoms with van der Waals surface area (Å²) in [7, 11) is 1.69. The molecule has 0 amide bonds. The quantitative estimate of drug-likeness (QED) is 0.273. The molecule has 0 aliphatic heterocycles. The minimum absolute atomic E-state index is 0.461. The van der Waals surface area contributed by atoms with Crippen molar-refractivity contribution in [1.29, 1.82) is 0 Å². The monoisotopic (exact) mass is 483 g/mol. The fourth-order valence-corrected chi connectivity index (χ4v) is 5.99. The van der Waals surface area contributed by atoms with E-state index in [0.717, 1.165) is 47.1 Å². The number of imidazole rings is 1. The van der Waals surface area contributed by atoms with Crippen LogP contribution in [0.5, 0.6) is 5.75 Å². The summed E-state index contributed by atoms with van der Waals surface area (Å²) in [6.45, 7) is 0.762. The van der Waals surface area contributed by atoms with Crippen LogP contribution in [0.15, 0.2) is 60.2 Å². The first kappa shape index (κ1) is 22.0. The predicted octanol–water partition coefficient (Wildman–Crippen LogP) is 6.88. The van der Waals surface area contributed by atoms with Gasteiger partial charge >= 0.3 is 0 Å². The van der Waals surface area contributed by atoms with Crippen LogP contribution >= 0.6 is 11.3 Å². The highest BCUT2D eigenvalue weighted by atomic mass is 32.1. The Morgan fingerprint density at radius 3 is 2.69 bits per heavy atom. The predicted molar refractivity (Wildman–Crippen MR) is 143 cm³/mol. The number of hydrogen-bond donors (Lipinski definition) is 1. The van der Waals surface area contributed by atoms with Crippen molar-refractivity contribution in [1.82, 2.24) is 19.5 Å². The summed E-state index contributed by atoms with van der Waals surface area (Å²) in [4.78, 5) is 14.9. The highest BCUT2D eigenvalue weighted by Crippen LogP contribution is 2.36. The standard InChI is InChI=1S/C28H29N5OS/c1-34-21-13-11-19(12-14-21)15-16-29-27-25-28(33(18-30-25)20-7-3-2-4-8-20)32-26(31-27)23-17-35-24-10-6-5-9-22(23)24/h5-6,9-14,17-18,20H,2-4,7-8,15-16H2,1H3,(H,29,31,32). The number of rotatable bonds is 7. The van der Waals surface area contributed by atoms with E-state index in [1.54, 1.807) is 18.4 Å². The summed E-state index contributed by atoms with van der Waals surface area (Å²) in [6.07, 6.45) is 9.09. The Labute approximate surface area is 209 Å². The number of benzene rings is 2. The zero-order valence-corrected chi connectivity index (χ0v) is 20.7. The number of nitrogens with zero attached hydrogens (tertiary/aromatic N) is 4. The van der Waals surface area contributed by atoms with Gasteiger partial charge in [0.1, 0.15) is 11.3 Å². The molecular weight excluding hydrogens is 454 g/mol. The normalized spacial score (nSPS) is 14.5. The fourth-order valence-electron chi connectivity index (χ4n) is 5.06. The molecular formula is C28H29N5OS. The average molecular weight is 484 g/mol. The number of anilines is 1. The van der Waals surface area contributed by atoms with Crippen LogP contribution in [-0.2, 0) is 6.42 Å². The van der Waals surface area contributed by atoms with E-state index in [9.17, 15) is 0 Å². The molecule has 3 aromatic heterocycles. The third-order valence-electron chi connectivity index (χ3n) is 6.98. The average Bonchev–Trinajstić information content (AvgIpc) is 3.54. The number of hydrogen-bond acceptors (Lipinski definition) is 6. The number of fused-ring (bicyclic) bond motifs is 2. The highest BCUT2D eigenvalue weighted by Gasteiger charge is 2.22. The van der Waals surface area contributed by atoms with Crippen molar-refractivity contribution in [3.05, 3.63) is 65.8 Å². The lowest BCUT2D eigenvalue weighted by atomic mass is 9.95. The van der Waals surface area contributed by atoms with E-state index in [4.69, 9.17) is 19.7 Å². The summed E-state index contributed by atoms with van der Waals surface area (Å²) >= 11 is 1.74. The van der Waals surface area contributed by atoms with Gasteiger partial charge in [-0.15, -0.1) is 11.3 Å². The van der Waals surface area contributed by atoms with E-state index in [0.29, 0.717) is 6.04 Å².